The van der Waals surface area contributed by atoms with Gasteiger partial charge in [-0.3, -0.25) is 4.98 Å². The SMILES string of the molecule is CN(C[C@H]1CCCCN1C(=O)OC(C)(C)C)c1cnc2ccccc2n1. The molecule has 140 valence electrons. The van der Waals surface area contributed by atoms with Crippen LogP contribution in [0.4, 0.5) is 10.6 Å². The van der Waals surface area contributed by atoms with Crippen molar-refractivity contribution in [2.24, 2.45) is 0 Å². The lowest BCUT2D eigenvalue weighted by molar-refractivity contribution is 0.0108. The fourth-order valence-electron chi connectivity index (χ4n) is 3.29. The van der Waals surface area contributed by atoms with Crippen molar-refractivity contribution in [1.82, 2.24) is 14.9 Å². The molecule has 26 heavy (non-hydrogen) atoms. The number of nitrogens with zero attached hydrogens (tertiary/aromatic N) is 4. The molecule has 1 atom stereocenters. The lowest BCUT2D eigenvalue weighted by atomic mass is 10.0. The lowest BCUT2D eigenvalue weighted by Gasteiger charge is -2.38. The normalized spacial score (nSPS) is 18.0. The van der Waals surface area contributed by atoms with Gasteiger partial charge in [-0.2, -0.15) is 0 Å². The summed E-state index contributed by atoms with van der Waals surface area (Å²) in [4.78, 5) is 25.7. The molecule has 0 aliphatic carbocycles. The maximum absolute atomic E-state index is 12.6. The van der Waals surface area contributed by atoms with Crippen molar-refractivity contribution in [2.45, 2.75) is 51.7 Å². The Labute approximate surface area is 155 Å². The molecule has 6 nitrogen and oxygen atoms in total. The van der Waals surface area contributed by atoms with Crippen LogP contribution in [0.15, 0.2) is 30.5 Å². The molecule has 3 rings (SSSR count). The van der Waals surface area contributed by atoms with Crippen LogP contribution in [0.1, 0.15) is 40.0 Å². The Morgan fingerprint density at radius 2 is 2.00 bits per heavy atom. The van der Waals surface area contributed by atoms with E-state index in [4.69, 9.17) is 9.72 Å². The molecular formula is C20H28N4O2. The smallest absolute Gasteiger partial charge is 0.410 e. The van der Waals surface area contributed by atoms with Gasteiger partial charge >= 0.3 is 6.09 Å². The van der Waals surface area contributed by atoms with E-state index in [1.165, 1.54) is 0 Å². The minimum Gasteiger partial charge on any atom is -0.444 e. The maximum atomic E-state index is 12.6. The second kappa shape index (κ2) is 7.48. The number of hydrogen-bond acceptors (Lipinski definition) is 5. The van der Waals surface area contributed by atoms with Gasteiger partial charge in [0.15, 0.2) is 0 Å². The number of ether oxygens (including phenoxy) is 1. The molecule has 1 aromatic heterocycles. The van der Waals surface area contributed by atoms with E-state index in [1.54, 1.807) is 6.20 Å². The number of benzene rings is 1. The summed E-state index contributed by atoms with van der Waals surface area (Å²) in [5.41, 5.74) is 1.29. The number of carbonyl (C=O) groups excluding carboxylic acids is 1. The highest BCUT2D eigenvalue weighted by molar-refractivity contribution is 5.75. The molecule has 1 aliphatic rings. The first-order chi connectivity index (χ1) is 12.3. The molecule has 0 N–H and O–H groups in total. The number of likely N-dealkylation sites (N-methyl/N-ethyl adjacent to an activating group) is 1. The van der Waals surface area contributed by atoms with E-state index in [1.807, 2.05) is 57.0 Å². The van der Waals surface area contributed by atoms with Crippen LogP contribution in [0.25, 0.3) is 11.0 Å². The van der Waals surface area contributed by atoms with Crippen LogP contribution in [0, 0.1) is 0 Å². The molecule has 1 fully saturated rings. The summed E-state index contributed by atoms with van der Waals surface area (Å²) in [5, 5.41) is 0. The molecular weight excluding hydrogens is 328 g/mol. The Balaban J connectivity index is 1.72. The summed E-state index contributed by atoms with van der Waals surface area (Å²) in [5.74, 6) is 0.818. The Hall–Kier alpha value is -2.37. The van der Waals surface area contributed by atoms with Crippen LogP contribution in [0.3, 0.4) is 0 Å². The van der Waals surface area contributed by atoms with Crippen LogP contribution in [-0.4, -0.2) is 52.7 Å². The number of anilines is 1. The van der Waals surface area contributed by atoms with Gasteiger partial charge in [0.25, 0.3) is 0 Å². The number of fused-ring (bicyclic) bond motifs is 1. The fraction of sp³-hybridized carbons (Fsp3) is 0.550. The summed E-state index contributed by atoms with van der Waals surface area (Å²) >= 11 is 0. The average molecular weight is 356 g/mol. The van der Waals surface area contributed by atoms with Gasteiger partial charge in [-0.25, -0.2) is 9.78 Å². The first-order valence-electron chi connectivity index (χ1n) is 9.26. The molecule has 1 saturated heterocycles. The van der Waals surface area contributed by atoms with E-state index in [-0.39, 0.29) is 12.1 Å². The third-order valence-electron chi connectivity index (χ3n) is 4.57. The number of carbonyl (C=O) groups is 1. The van der Waals surface area contributed by atoms with E-state index >= 15 is 0 Å². The lowest BCUT2D eigenvalue weighted by Crippen LogP contribution is -2.50. The maximum Gasteiger partial charge on any atom is 0.410 e. The predicted octanol–water partition coefficient (Wildman–Crippen LogP) is 3.86. The summed E-state index contributed by atoms with van der Waals surface area (Å²) < 4.78 is 5.59. The van der Waals surface area contributed by atoms with Crippen LogP contribution in [0.5, 0.6) is 0 Å². The van der Waals surface area contributed by atoms with E-state index < -0.39 is 5.60 Å². The number of aromatic nitrogens is 2. The summed E-state index contributed by atoms with van der Waals surface area (Å²) in [6.45, 7) is 7.17. The van der Waals surface area contributed by atoms with Gasteiger partial charge in [0.2, 0.25) is 0 Å². The van der Waals surface area contributed by atoms with E-state index in [0.717, 1.165) is 42.7 Å². The molecule has 2 aromatic rings. The number of piperidine rings is 1. The second-order valence-electron chi connectivity index (χ2n) is 7.92. The fourth-order valence-corrected chi connectivity index (χ4v) is 3.29. The summed E-state index contributed by atoms with van der Waals surface area (Å²) in [6, 6.07) is 7.97. The molecule has 0 unspecified atom stereocenters. The minimum atomic E-state index is -0.477. The van der Waals surface area contributed by atoms with E-state index in [0.29, 0.717) is 6.54 Å². The van der Waals surface area contributed by atoms with Gasteiger partial charge in [-0.05, 0) is 52.2 Å². The van der Waals surface area contributed by atoms with Crippen molar-refractivity contribution in [3.8, 4) is 0 Å². The molecule has 1 aliphatic heterocycles. The molecule has 1 aromatic carbocycles. The molecule has 1 amide bonds. The molecule has 0 spiro atoms. The quantitative estimate of drug-likeness (QED) is 0.836. The van der Waals surface area contributed by atoms with Crippen molar-refractivity contribution in [3.63, 3.8) is 0 Å². The van der Waals surface area contributed by atoms with Crippen molar-refractivity contribution in [2.75, 3.05) is 25.0 Å². The zero-order valence-corrected chi connectivity index (χ0v) is 16.1. The monoisotopic (exact) mass is 356 g/mol. The third-order valence-corrected chi connectivity index (χ3v) is 4.57. The standard InChI is InChI=1S/C20H28N4O2/c1-20(2,3)26-19(25)24-12-8-7-9-15(24)14-23(4)18-13-21-16-10-5-6-11-17(16)22-18/h5-6,10-11,13,15H,7-9,12,14H2,1-4H3/t15-/m1/s1. The summed E-state index contributed by atoms with van der Waals surface area (Å²) in [6.07, 6.45) is 4.70. The largest absolute Gasteiger partial charge is 0.444 e. The molecule has 0 saturated carbocycles. The number of amides is 1. The van der Waals surface area contributed by atoms with Gasteiger partial charge in [0.1, 0.15) is 11.4 Å². The van der Waals surface area contributed by atoms with Gasteiger partial charge < -0.3 is 14.5 Å². The van der Waals surface area contributed by atoms with Gasteiger partial charge in [0, 0.05) is 20.1 Å². The number of hydrogen-bond donors (Lipinski definition) is 0. The Morgan fingerprint density at radius 1 is 1.27 bits per heavy atom. The zero-order valence-electron chi connectivity index (χ0n) is 16.1. The van der Waals surface area contributed by atoms with Gasteiger partial charge in [-0.15, -0.1) is 0 Å². The molecule has 0 bridgehead atoms. The first kappa shape index (κ1) is 18.4. The third kappa shape index (κ3) is 4.42. The Kier molecular flexibility index (Phi) is 5.30. The first-order valence-corrected chi connectivity index (χ1v) is 9.26. The molecule has 6 heteroatoms. The highest BCUT2D eigenvalue weighted by Gasteiger charge is 2.31. The Bertz CT molecular complexity index is 772. The van der Waals surface area contributed by atoms with E-state index in [2.05, 4.69) is 9.88 Å². The van der Waals surface area contributed by atoms with E-state index in [9.17, 15) is 4.79 Å². The highest BCUT2D eigenvalue weighted by Crippen LogP contribution is 2.23. The van der Waals surface area contributed by atoms with Crippen LogP contribution in [-0.2, 0) is 4.74 Å². The Morgan fingerprint density at radius 3 is 2.73 bits per heavy atom. The zero-order chi connectivity index (χ0) is 18.7. The van der Waals surface area contributed by atoms with Crippen LogP contribution < -0.4 is 4.90 Å². The average Bonchev–Trinajstić information content (AvgIpc) is 2.60. The predicted molar refractivity (Wildman–Crippen MR) is 103 cm³/mol. The molecule has 0 radical (unpaired) electrons. The van der Waals surface area contributed by atoms with Crippen LogP contribution in [0.2, 0.25) is 0 Å². The molecule has 2 heterocycles. The van der Waals surface area contributed by atoms with Gasteiger partial charge in [-0.1, -0.05) is 12.1 Å². The number of rotatable bonds is 3. The minimum absolute atomic E-state index is 0.122. The van der Waals surface area contributed by atoms with Crippen molar-refractivity contribution < 1.29 is 9.53 Å². The van der Waals surface area contributed by atoms with Crippen molar-refractivity contribution in [3.05, 3.63) is 30.5 Å². The van der Waals surface area contributed by atoms with Gasteiger partial charge in [0.05, 0.1) is 23.3 Å². The summed E-state index contributed by atoms with van der Waals surface area (Å²) in [7, 11) is 2.00. The van der Waals surface area contributed by atoms with Crippen LogP contribution >= 0.6 is 0 Å². The number of likely N-dealkylation sites (tertiary alicyclic amines) is 1. The van der Waals surface area contributed by atoms with Crippen molar-refractivity contribution >= 4 is 22.9 Å². The number of para-hydroxylation sites is 2. The second-order valence-corrected chi connectivity index (χ2v) is 7.92. The highest BCUT2D eigenvalue weighted by atomic mass is 16.6. The topological polar surface area (TPSA) is 58.6 Å². The van der Waals surface area contributed by atoms with Crippen molar-refractivity contribution in [1.29, 1.82) is 0 Å².